The number of fused-ring (bicyclic) bond motifs is 1. The lowest BCUT2D eigenvalue weighted by Crippen LogP contribution is -2.31. The summed E-state index contributed by atoms with van der Waals surface area (Å²) in [6.45, 7) is 0. The number of imide groups is 1. The number of amides is 3. The lowest BCUT2D eigenvalue weighted by Gasteiger charge is -2.07. The van der Waals surface area contributed by atoms with E-state index in [2.05, 4.69) is 15.4 Å². The molecule has 10 heteroatoms. The number of rotatable bonds is 5. The molecule has 2 aromatic rings. The molecule has 29 heavy (non-hydrogen) atoms. The molecule has 3 amide bonds. The second-order valence-electron chi connectivity index (χ2n) is 6.18. The smallest absolute Gasteiger partial charge is 0.413 e. The summed E-state index contributed by atoms with van der Waals surface area (Å²) < 4.78 is 4.46. The van der Waals surface area contributed by atoms with Crippen molar-refractivity contribution < 1.29 is 24.0 Å². The molecule has 1 aromatic carbocycles. The minimum atomic E-state index is -0.879. The maximum Gasteiger partial charge on any atom is 0.413 e. The first-order valence-electron chi connectivity index (χ1n) is 8.66. The van der Waals surface area contributed by atoms with Gasteiger partial charge in [-0.15, -0.1) is 11.3 Å². The van der Waals surface area contributed by atoms with E-state index in [1.807, 2.05) is 0 Å². The standard InChI is InChI=1S/C19H17N3O6S/c1-28-19(25)21-17(24)16-13-6-3-7-14(13)29-18(16)20-15(23)9-8-11-4-2-5-12(10-11)22(26)27/h2,4-5,8-10H,3,6-7H2,1H3,(H,20,23)(H,21,24,25)/b9-8+. The highest BCUT2D eigenvalue weighted by Crippen LogP contribution is 2.39. The number of nitro groups is 1. The Morgan fingerprint density at radius 1 is 1.28 bits per heavy atom. The number of benzene rings is 1. The van der Waals surface area contributed by atoms with Crippen molar-refractivity contribution in [3.8, 4) is 0 Å². The van der Waals surface area contributed by atoms with Gasteiger partial charge in [-0.2, -0.15) is 0 Å². The van der Waals surface area contributed by atoms with Crippen molar-refractivity contribution >= 4 is 46.0 Å². The van der Waals surface area contributed by atoms with Crippen LogP contribution in [0.2, 0.25) is 0 Å². The Bertz CT molecular complexity index is 1030. The largest absolute Gasteiger partial charge is 0.453 e. The molecule has 1 heterocycles. The van der Waals surface area contributed by atoms with Crippen LogP contribution < -0.4 is 10.6 Å². The molecule has 1 aromatic heterocycles. The fourth-order valence-electron chi connectivity index (χ4n) is 3.01. The van der Waals surface area contributed by atoms with Crippen LogP contribution in [0.4, 0.5) is 15.5 Å². The molecule has 1 aliphatic carbocycles. The Morgan fingerprint density at radius 3 is 2.79 bits per heavy atom. The zero-order valence-electron chi connectivity index (χ0n) is 15.4. The number of hydrogen-bond donors (Lipinski definition) is 2. The van der Waals surface area contributed by atoms with Crippen LogP contribution in [0.25, 0.3) is 6.08 Å². The van der Waals surface area contributed by atoms with Gasteiger partial charge >= 0.3 is 6.09 Å². The van der Waals surface area contributed by atoms with Gasteiger partial charge in [0, 0.05) is 23.1 Å². The van der Waals surface area contributed by atoms with Gasteiger partial charge in [-0.25, -0.2) is 4.79 Å². The van der Waals surface area contributed by atoms with E-state index in [9.17, 15) is 24.5 Å². The summed E-state index contributed by atoms with van der Waals surface area (Å²) >= 11 is 1.30. The van der Waals surface area contributed by atoms with E-state index in [1.54, 1.807) is 6.07 Å². The summed E-state index contributed by atoms with van der Waals surface area (Å²) in [4.78, 5) is 47.5. The summed E-state index contributed by atoms with van der Waals surface area (Å²) in [6, 6.07) is 5.86. The molecule has 0 unspecified atom stereocenters. The molecule has 150 valence electrons. The summed E-state index contributed by atoms with van der Waals surface area (Å²) in [5.41, 5.74) is 1.51. The molecule has 0 saturated heterocycles. The number of methoxy groups -OCH3 is 1. The predicted molar refractivity (Wildman–Crippen MR) is 107 cm³/mol. The van der Waals surface area contributed by atoms with Crippen molar-refractivity contribution in [3.05, 3.63) is 62.0 Å². The third-order valence-corrected chi connectivity index (χ3v) is 5.50. The maximum absolute atomic E-state index is 12.5. The number of alkyl carbamates (subject to hydrolysis) is 1. The number of non-ortho nitro benzene ring substituents is 1. The Hall–Kier alpha value is -3.53. The molecule has 9 nitrogen and oxygen atoms in total. The van der Waals surface area contributed by atoms with Gasteiger partial charge in [0.1, 0.15) is 5.00 Å². The van der Waals surface area contributed by atoms with Gasteiger partial charge in [0.05, 0.1) is 17.6 Å². The first-order chi connectivity index (χ1) is 13.9. The average molecular weight is 415 g/mol. The topological polar surface area (TPSA) is 128 Å². The molecule has 1 aliphatic rings. The Kier molecular flexibility index (Phi) is 6.03. The number of thiophene rings is 1. The van der Waals surface area contributed by atoms with Crippen LogP contribution in [0.15, 0.2) is 30.3 Å². The van der Waals surface area contributed by atoms with Gasteiger partial charge in [-0.05, 0) is 36.5 Å². The van der Waals surface area contributed by atoms with Crippen LogP contribution in [-0.2, 0) is 22.4 Å². The summed E-state index contributed by atoms with van der Waals surface area (Å²) in [7, 11) is 1.15. The molecule has 0 atom stereocenters. The highest BCUT2D eigenvalue weighted by Gasteiger charge is 2.28. The number of anilines is 1. The summed E-state index contributed by atoms with van der Waals surface area (Å²) in [6.07, 6.45) is 4.19. The number of nitrogens with one attached hydrogen (secondary N) is 2. The van der Waals surface area contributed by atoms with Crippen LogP contribution in [0, 0.1) is 10.1 Å². The number of ether oxygens (including phenoxy) is 1. The molecule has 0 radical (unpaired) electrons. The quantitative estimate of drug-likeness (QED) is 0.438. The lowest BCUT2D eigenvalue weighted by molar-refractivity contribution is -0.384. The van der Waals surface area contributed by atoms with E-state index in [4.69, 9.17) is 0 Å². The Balaban J connectivity index is 1.78. The van der Waals surface area contributed by atoms with Gasteiger partial charge in [0.2, 0.25) is 5.91 Å². The first-order valence-corrected chi connectivity index (χ1v) is 9.48. The van der Waals surface area contributed by atoms with Crippen molar-refractivity contribution in [2.45, 2.75) is 19.3 Å². The first kappa shape index (κ1) is 20.2. The highest BCUT2D eigenvalue weighted by molar-refractivity contribution is 7.17. The molecular formula is C19H17N3O6S. The SMILES string of the molecule is COC(=O)NC(=O)c1c(NC(=O)/C=C/c2cccc([N+](=O)[O-])c2)sc2c1CCC2. The van der Waals surface area contributed by atoms with Crippen LogP contribution in [0.3, 0.4) is 0 Å². The molecule has 0 aliphatic heterocycles. The molecule has 0 bridgehead atoms. The summed E-state index contributed by atoms with van der Waals surface area (Å²) in [5.74, 6) is -1.13. The van der Waals surface area contributed by atoms with Gasteiger partial charge in [0.15, 0.2) is 0 Å². The lowest BCUT2D eigenvalue weighted by atomic mass is 10.1. The maximum atomic E-state index is 12.5. The van der Waals surface area contributed by atoms with Crippen molar-refractivity contribution in [2.24, 2.45) is 0 Å². The molecule has 0 fully saturated rings. The zero-order chi connectivity index (χ0) is 21.0. The number of aryl methyl sites for hydroxylation is 1. The van der Waals surface area contributed by atoms with E-state index >= 15 is 0 Å². The number of carbonyl (C=O) groups is 3. The number of hydrogen-bond acceptors (Lipinski definition) is 7. The van der Waals surface area contributed by atoms with Gasteiger partial charge in [-0.1, -0.05) is 12.1 Å². The fraction of sp³-hybridized carbons (Fsp3) is 0.211. The Morgan fingerprint density at radius 2 is 2.07 bits per heavy atom. The third kappa shape index (κ3) is 4.66. The highest BCUT2D eigenvalue weighted by atomic mass is 32.1. The van der Waals surface area contributed by atoms with Crippen molar-refractivity contribution in [3.63, 3.8) is 0 Å². The monoisotopic (exact) mass is 415 g/mol. The molecule has 0 saturated carbocycles. The van der Waals surface area contributed by atoms with E-state index in [1.165, 1.54) is 41.7 Å². The number of nitrogens with zero attached hydrogens (tertiary/aromatic N) is 1. The van der Waals surface area contributed by atoms with Crippen molar-refractivity contribution in [1.29, 1.82) is 0 Å². The van der Waals surface area contributed by atoms with Crippen molar-refractivity contribution in [1.82, 2.24) is 5.32 Å². The minimum absolute atomic E-state index is 0.0796. The predicted octanol–water partition coefficient (Wildman–Crippen LogP) is 3.29. The van der Waals surface area contributed by atoms with Gasteiger partial charge < -0.3 is 10.1 Å². The number of nitro benzene ring substituents is 1. The Labute approximate surface area is 169 Å². The molecule has 2 N–H and O–H groups in total. The second kappa shape index (κ2) is 8.65. The van der Waals surface area contributed by atoms with Crippen LogP contribution in [0.1, 0.15) is 32.8 Å². The van der Waals surface area contributed by atoms with Crippen LogP contribution in [0.5, 0.6) is 0 Å². The van der Waals surface area contributed by atoms with E-state index in [0.29, 0.717) is 17.0 Å². The number of carbonyl (C=O) groups excluding carboxylic acids is 3. The van der Waals surface area contributed by atoms with E-state index < -0.39 is 22.8 Å². The molecular weight excluding hydrogens is 398 g/mol. The van der Waals surface area contributed by atoms with Crippen molar-refractivity contribution in [2.75, 3.05) is 12.4 Å². The van der Waals surface area contributed by atoms with Crippen LogP contribution in [-0.4, -0.2) is 29.9 Å². The third-order valence-electron chi connectivity index (χ3n) is 4.29. The molecule has 0 spiro atoms. The van der Waals surface area contributed by atoms with Gasteiger partial charge in [0.25, 0.3) is 11.6 Å². The van der Waals surface area contributed by atoms with Gasteiger partial charge in [-0.3, -0.25) is 25.0 Å². The zero-order valence-corrected chi connectivity index (χ0v) is 16.2. The second-order valence-corrected chi connectivity index (χ2v) is 7.29. The van der Waals surface area contributed by atoms with Crippen LogP contribution >= 0.6 is 11.3 Å². The molecule has 3 rings (SSSR count). The minimum Gasteiger partial charge on any atom is -0.453 e. The fourth-order valence-corrected chi connectivity index (χ4v) is 4.30. The summed E-state index contributed by atoms with van der Waals surface area (Å²) in [5, 5.41) is 16.0. The normalized spacial score (nSPS) is 12.4. The van der Waals surface area contributed by atoms with E-state index in [0.717, 1.165) is 30.4 Å². The van der Waals surface area contributed by atoms with E-state index in [-0.39, 0.29) is 11.3 Å². The average Bonchev–Trinajstić information content (AvgIpc) is 3.27.